The molecule has 1 aromatic heterocycles. The lowest BCUT2D eigenvalue weighted by atomic mass is 10.3. The smallest absolute Gasteiger partial charge is 0.307 e. The number of esters is 1. The maximum Gasteiger partial charge on any atom is 0.307 e. The van der Waals surface area contributed by atoms with Crippen molar-refractivity contribution in [1.82, 2.24) is 4.57 Å². The number of thiazole rings is 1. The average Bonchev–Trinajstić information content (AvgIpc) is 3.33. The molecule has 0 unspecified atom stereocenters. The Labute approximate surface area is 191 Å². The standard InChI is InChI=1S/C21H19ClN2O5S2/c1-2-27-20(26)7-8-24-15-9-16-17(29-12-28-16)10-18(15)31-21(24)23-19(25)11-30-14-5-3-13(22)4-6-14/h3-6,9-10H,2,7-8,11-12H2,1H3. The monoisotopic (exact) mass is 478 g/mol. The van der Waals surface area contributed by atoms with Gasteiger partial charge in [-0.2, -0.15) is 4.99 Å². The third kappa shape index (κ3) is 5.23. The molecule has 162 valence electrons. The number of halogens is 1. The van der Waals surface area contributed by atoms with Gasteiger partial charge in [-0.05, 0) is 31.2 Å². The van der Waals surface area contributed by atoms with Gasteiger partial charge in [0.25, 0.3) is 5.91 Å². The van der Waals surface area contributed by atoms with Gasteiger partial charge in [0.2, 0.25) is 6.79 Å². The number of ether oxygens (including phenoxy) is 3. The molecule has 0 bridgehead atoms. The Bertz CT molecular complexity index is 1190. The normalized spacial score (nSPS) is 13.0. The van der Waals surface area contributed by atoms with Crippen molar-refractivity contribution in [2.45, 2.75) is 24.8 Å². The first-order valence-corrected chi connectivity index (χ1v) is 11.8. The number of hydrogen-bond acceptors (Lipinski definition) is 7. The fraction of sp³-hybridized carbons (Fsp3) is 0.286. The Hall–Kier alpha value is -2.49. The fourth-order valence-electron chi connectivity index (χ4n) is 3.01. The minimum atomic E-state index is -0.300. The number of thioether (sulfide) groups is 1. The van der Waals surface area contributed by atoms with E-state index in [1.807, 2.05) is 28.8 Å². The summed E-state index contributed by atoms with van der Waals surface area (Å²) in [5.41, 5.74) is 0.829. The lowest BCUT2D eigenvalue weighted by molar-refractivity contribution is -0.143. The van der Waals surface area contributed by atoms with Crippen molar-refractivity contribution in [2.24, 2.45) is 4.99 Å². The maximum absolute atomic E-state index is 12.6. The summed E-state index contributed by atoms with van der Waals surface area (Å²) in [5.74, 6) is 0.909. The molecule has 3 aromatic rings. The lowest BCUT2D eigenvalue weighted by Gasteiger charge is -2.06. The van der Waals surface area contributed by atoms with Crippen molar-refractivity contribution < 1.29 is 23.8 Å². The molecule has 1 amide bonds. The van der Waals surface area contributed by atoms with Crippen molar-refractivity contribution >= 4 is 56.8 Å². The van der Waals surface area contributed by atoms with Crippen LogP contribution in [0.2, 0.25) is 5.02 Å². The summed E-state index contributed by atoms with van der Waals surface area (Å²) in [7, 11) is 0. The summed E-state index contributed by atoms with van der Waals surface area (Å²) in [4.78, 5) is 30.2. The Kier molecular flexibility index (Phi) is 6.84. The van der Waals surface area contributed by atoms with E-state index in [1.54, 1.807) is 19.1 Å². The lowest BCUT2D eigenvalue weighted by Crippen LogP contribution is -2.20. The molecule has 0 aliphatic carbocycles. The van der Waals surface area contributed by atoms with E-state index in [9.17, 15) is 9.59 Å². The van der Waals surface area contributed by atoms with Crippen LogP contribution in [-0.4, -0.2) is 35.6 Å². The van der Waals surface area contributed by atoms with Gasteiger partial charge < -0.3 is 18.8 Å². The first-order valence-electron chi connectivity index (χ1n) is 9.58. The van der Waals surface area contributed by atoms with Crippen LogP contribution in [0, 0.1) is 0 Å². The molecule has 1 aliphatic rings. The van der Waals surface area contributed by atoms with E-state index in [-0.39, 0.29) is 30.8 Å². The van der Waals surface area contributed by atoms with Gasteiger partial charge >= 0.3 is 5.97 Å². The molecule has 31 heavy (non-hydrogen) atoms. The van der Waals surface area contributed by atoms with Crippen LogP contribution in [0.3, 0.4) is 0 Å². The molecule has 1 aliphatic heterocycles. The van der Waals surface area contributed by atoms with Crippen LogP contribution in [0.5, 0.6) is 11.5 Å². The quantitative estimate of drug-likeness (QED) is 0.373. The average molecular weight is 479 g/mol. The van der Waals surface area contributed by atoms with Crippen LogP contribution < -0.4 is 14.3 Å². The van der Waals surface area contributed by atoms with Crippen molar-refractivity contribution in [3.63, 3.8) is 0 Å². The number of hydrogen-bond donors (Lipinski definition) is 0. The number of amides is 1. The summed E-state index contributed by atoms with van der Waals surface area (Å²) in [5, 5.41) is 0.646. The molecule has 0 radical (unpaired) electrons. The SMILES string of the molecule is CCOC(=O)CCn1c(=NC(=O)CSc2ccc(Cl)cc2)sc2cc3c(cc21)OCO3. The molecular weight excluding hydrogens is 460 g/mol. The largest absolute Gasteiger partial charge is 0.466 e. The molecule has 2 aromatic carbocycles. The van der Waals surface area contributed by atoms with Crippen LogP contribution in [-0.2, 0) is 20.9 Å². The molecule has 0 N–H and O–H groups in total. The molecule has 0 spiro atoms. The zero-order valence-corrected chi connectivity index (χ0v) is 19.0. The second kappa shape index (κ2) is 9.76. The molecule has 10 heteroatoms. The molecule has 0 atom stereocenters. The van der Waals surface area contributed by atoms with Crippen LogP contribution >= 0.6 is 34.7 Å². The minimum Gasteiger partial charge on any atom is -0.466 e. The van der Waals surface area contributed by atoms with Gasteiger partial charge in [0.1, 0.15) is 0 Å². The van der Waals surface area contributed by atoms with Crippen molar-refractivity contribution in [2.75, 3.05) is 19.2 Å². The van der Waals surface area contributed by atoms with Crippen LogP contribution in [0.1, 0.15) is 13.3 Å². The van der Waals surface area contributed by atoms with E-state index < -0.39 is 0 Å². The summed E-state index contributed by atoms with van der Waals surface area (Å²) in [6, 6.07) is 11.0. The number of carbonyl (C=O) groups excluding carboxylic acids is 2. The zero-order chi connectivity index (χ0) is 21.8. The van der Waals surface area contributed by atoms with Crippen molar-refractivity contribution in [3.05, 3.63) is 46.2 Å². The van der Waals surface area contributed by atoms with Gasteiger partial charge in [0, 0.05) is 28.6 Å². The number of fused-ring (bicyclic) bond motifs is 2. The van der Waals surface area contributed by atoms with E-state index in [2.05, 4.69) is 4.99 Å². The minimum absolute atomic E-state index is 0.174. The Morgan fingerprint density at radius 3 is 2.71 bits per heavy atom. The van der Waals surface area contributed by atoms with Gasteiger partial charge in [0.05, 0.1) is 29.0 Å². The van der Waals surface area contributed by atoms with E-state index in [0.717, 1.165) is 15.1 Å². The van der Waals surface area contributed by atoms with Crippen molar-refractivity contribution in [3.8, 4) is 11.5 Å². The number of aryl methyl sites for hydroxylation is 1. The van der Waals surface area contributed by atoms with E-state index in [0.29, 0.717) is 34.5 Å². The number of rotatable bonds is 7. The third-order valence-electron chi connectivity index (χ3n) is 4.42. The van der Waals surface area contributed by atoms with E-state index in [4.69, 9.17) is 25.8 Å². The predicted octanol–water partition coefficient (Wildman–Crippen LogP) is 4.26. The summed E-state index contributed by atoms with van der Waals surface area (Å²) >= 11 is 8.66. The molecule has 4 rings (SSSR count). The zero-order valence-electron chi connectivity index (χ0n) is 16.6. The van der Waals surface area contributed by atoms with E-state index >= 15 is 0 Å². The summed E-state index contributed by atoms with van der Waals surface area (Å²) in [6.07, 6.45) is 0.176. The highest BCUT2D eigenvalue weighted by Crippen LogP contribution is 2.37. The Balaban J connectivity index is 1.61. The van der Waals surface area contributed by atoms with Crippen molar-refractivity contribution in [1.29, 1.82) is 0 Å². The third-order valence-corrected chi connectivity index (χ3v) is 6.71. The second-order valence-corrected chi connectivity index (χ2v) is 9.01. The molecule has 0 fully saturated rings. The molecule has 2 heterocycles. The first-order chi connectivity index (χ1) is 15.0. The Morgan fingerprint density at radius 2 is 1.97 bits per heavy atom. The van der Waals surface area contributed by atoms with E-state index in [1.165, 1.54) is 23.1 Å². The summed E-state index contributed by atoms with van der Waals surface area (Å²) < 4.78 is 18.7. The Morgan fingerprint density at radius 1 is 1.23 bits per heavy atom. The number of benzene rings is 2. The second-order valence-electron chi connectivity index (χ2n) is 6.51. The highest BCUT2D eigenvalue weighted by Gasteiger charge is 2.18. The first kappa shape index (κ1) is 21.7. The van der Waals surface area contributed by atoms with Crippen LogP contribution in [0.25, 0.3) is 10.2 Å². The summed E-state index contributed by atoms with van der Waals surface area (Å²) in [6.45, 7) is 2.61. The predicted molar refractivity (Wildman–Crippen MR) is 120 cm³/mol. The van der Waals surface area contributed by atoms with Gasteiger partial charge in [-0.1, -0.05) is 22.9 Å². The molecular formula is C21H19ClN2O5S2. The molecule has 0 saturated carbocycles. The maximum atomic E-state index is 12.6. The topological polar surface area (TPSA) is 79.1 Å². The number of nitrogens with zero attached hydrogens (tertiary/aromatic N) is 2. The fourth-order valence-corrected chi connectivity index (χ4v) is 4.90. The molecule has 0 saturated heterocycles. The highest BCUT2D eigenvalue weighted by atomic mass is 35.5. The van der Waals surface area contributed by atoms with Gasteiger partial charge in [-0.25, -0.2) is 0 Å². The van der Waals surface area contributed by atoms with Gasteiger partial charge in [-0.3, -0.25) is 9.59 Å². The number of aromatic nitrogens is 1. The van der Waals surface area contributed by atoms with Gasteiger partial charge in [-0.15, -0.1) is 11.8 Å². The van der Waals surface area contributed by atoms with Gasteiger partial charge in [0.15, 0.2) is 16.3 Å². The van der Waals surface area contributed by atoms with Crippen LogP contribution in [0.4, 0.5) is 0 Å². The molecule has 7 nitrogen and oxygen atoms in total. The highest BCUT2D eigenvalue weighted by molar-refractivity contribution is 8.00. The van der Waals surface area contributed by atoms with Crippen LogP contribution in [0.15, 0.2) is 46.3 Å². The number of carbonyl (C=O) groups is 2.